The van der Waals surface area contributed by atoms with Gasteiger partial charge in [-0.3, -0.25) is 4.79 Å². The fourth-order valence-electron chi connectivity index (χ4n) is 1.25. The van der Waals surface area contributed by atoms with Gasteiger partial charge in [0, 0.05) is 26.1 Å². The minimum atomic E-state index is -0.0709. The fourth-order valence-corrected chi connectivity index (χ4v) is 1.25. The molecule has 0 saturated heterocycles. The molecule has 0 amide bonds. The van der Waals surface area contributed by atoms with Gasteiger partial charge in [-0.25, -0.2) is 0 Å². The monoisotopic (exact) mass is 205 g/mol. The van der Waals surface area contributed by atoms with E-state index >= 15 is 0 Å². The third-order valence-corrected chi connectivity index (χ3v) is 1.95. The number of furan rings is 1. The van der Waals surface area contributed by atoms with Gasteiger partial charge in [0.25, 0.3) is 0 Å². The molecule has 80 valence electrons. The normalized spacial score (nSPS) is 9.67. The Kier molecular flexibility index (Phi) is 3.92. The Labute approximate surface area is 89.7 Å². The first-order valence-corrected chi connectivity index (χ1v) is 4.76. The summed E-state index contributed by atoms with van der Waals surface area (Å²) in [5.74, 6) is 0.974. The zero-order chi connectivity index (χ0) is 11.3. The smallest absolute Gasteiger partial charge is 0.196 e. The summed E-state index contributed by atoms with van der Waals surface area (Å²) in [5.41, 5.74) is 0. The molecule has 15 heavy (non-hydrogen) atoms. The van der Waals surface area contributed by atoms with Crippen LogP contribution in [0.5, 0.6) is 0 Å². The van der Waals surface area contributed by atoms with Gasteiger partial charge in [0.2, 0.25) is 0 Å². The first kappa shape index (κ1) is 11.3. The van der Waals surface area contributed by atoms with Crippen molar-refractivity contribution in [2.45, 2.75) is 6.92 Å². The molecule has 1 aromatic heterocycles. The molecule has 1 rings (SSSR count). The first-order chi connectivity index (χ1) is 7.19. The molecule has 0 aliphatic rings. The van der Waals surface area contributed by atoms with Crippen molar-refractivity contribution in [3.05, 3.63) is 43.2 Å². The predicted molar refractivity (Wildman–Crippen MR) is 61.3 cm³/mol. The Bertz CT molecular complexity index is 355. The summed E-state index contributed by atoms with van der Waals surface area (Å²) in [4.78, 5) is 13.0. The van der Waals surface area contributed by atoms with E-state index in [9.17, 15) is 4.79 Å². The highest BCUT2D eigenvalue weighted by Gasteiger charge is 2.10. The average Bonchev–Trinajstić information content (AvgIpc) is 2.66. The van der Waals surface area contributed by atoms with Crippen molar-refractivity contribution >= 4 is 11.7 Å². The molecule has 3 nitrogen and oxygen atoms in total. The van der Waals surface area contributed by atoms with Gasteiger partial charge in [0.15, 0.2) is 17.4 Å². The van der Waals surface area contributed by atoms with Crippen LogP contribution in [-0.2, 0) is 0 Å². The lowest BCUT2D eigenvalue weighted by molar-refractivity contribution is 0.0988. The summed E-state index contributed by atoms with van der Waals surface area (Å²) in [6, 6.07) is 3.46. The molecule has 0 aliphatic carbocycles. The maximum Gasteiger partial charge on any atom is 0.196 e. The van der Waals surface area contributed by atoms with Gasteiger partial charge >= 0.3 is 0 Å². The van der Waals surface area contributed by atoms with E-state index in [1.165, 1.54) is 6.92 Å². The summed E-state index contributed by atoms with van der Waals surface area (Å²) >= 11 is 0. The van der Waals surface area contributed by atoms with Crippen molar-refractivity contribution < 1.29 is 9.21 Å². The van der Waals surface area contributed by atoms with Crippen LogP contribution in [0.4, 0.5) is 5.88 Å². The number of rotatable bonds is 6. The molecule has 3 heteroatoms. The van der Waals surface area contributed by atoms with Crippen LogP contribution in [0.15, 0.2) is 41.9 Å². The van der Waals surface area contributed by atoms with Crippen LogP contribution in [0.1, 0.15) is 17.5 Å². The number of hydrogen-bond donors (Lipinski definition) is 0. The van der Waals surface area contributed by atoms with Gasteiger partial charge in [0.1, 0.15) is 0 Å². The Morgan fingerprint density at radius 3 is 2.40 bits per heavy atom. The van der Waals surface area contributed by atoms with Crippen molar-refractivity contribution in [3.8, 4) is 0 Å². The molecule has 0 aliphatic heterocycles. The molecule has 0 unspecified atom stereocenters. The lowest BCUT2D eigenvalue weighted by Crippen LogP contribution is -2.22. The van der Waals surface area contributed by atoms with Gasteiger partial charge in [0.05, 0.1) is 0 Å². The summed E-state index contributed by atoms with van der Waals surface area (Å²) < 4.78 is 5.39. The minimum Gasteiger partial charge on any atom is -0.437 e. The highest BCUT2D eigenvalue weighted by Crippen LogP contribution is 2.18. The Balaban J connectivity index is 2.85. The molecule has 0 N–H and O–H groups in total. The topological polar surface area (TPSA) is 33.5 Å². The van der Waals surface area contributed by atoms with Crippen molar-refractivity contribution in [1.82, 2.24) is 0 Å². The zero-order valence-electron chi connectivity index (χ0n) is 8.90. The van der Waals surface area contributed by atoms with E-state index < -0.39 is 0 Å². The van der Waals surface area contributed by atoms with Crippen LogP contribution in [-0.4, -0.2) is 18.9 Å². The first-order valence-electron chi connectivity index (χ1n) is 4.76. The third kappa shape index (κ3) is 2.84. The molecule has 1 aromatic rings. The van der Waals surface area contributed by atoms with E-state index in [0.29, 0.717) is 24.7 Å². The number of Topliss-reactive ketones (excluding diaryl/α,β-unsaturated/α-hetero) is 1. The number of carbonyl (C=O) groups is 1. The largest absolute Gasteiger partial charge is 0.437 e. The van der Waals surface area contributed by atoms with E-state index in [2.05, 4.69) is 13.2 Å². The van der Waals surface area contributed by atoms with E-state index in [4.69, 9.17) is 4.42 Å². The maximum atomic E-state index is 11.0. The van der Waals surface area contributed by atoms with E-state index in [0.717, 1.165) is 0 Å². The van der Waals surface area contributed by atoms with E-state index in [1.54, 1.807) is 24.3 Å². The Hall–Kier alpha value is -1.77. The van der Waals surface area contributed by atoms with Crippen LogP contribution < -0.4 is 4.90 Å². The second-order valence-corrected chi connectivity index (χ2v) is 3.18. The molecular weight excluding hydrogens is 190 g/mol. The number of carbonyl (C=O) groups excluding carboxylic acids is 1. The van der Waals surface area contributed by atoms with Crippen LogP contribution >= 0.6 is 0 Å². The number of hydrogen-bond acceptors (Lipinski definition) is 3. The number of ketones is 1. The number of anilines is 1. The summed E-state index contributed by atoms with van der Waals surface area (Å²) in [7, 11) is 0. The summed E-state index contributed by atoms with van der Waals surface area (Å²) in [5, 5.41) is 0. The molecule has 0 atom stereocenters. The Morgan fingerprint density at radius 2 is 2.00 bits per heavy atom. The second kappa shape index (κ2) is 5.20. The highest BCUT2D eigenvalue weighted by atomic mass is 16.4. The quantitative estimate of drug-likeness (QED) is 0.528. The molecule has 0 saturated carbocycles. The molecular formula is C12H15NO2. The van der Waals surface area contributed by atoms with Crippen molar-refractivity contribution in [2.24, 2.45) is 0 Å². The SMILES string of the molecule is C=CCN(CC=C)c1ccc(C(C)=O)o1. The van der Waals surface area contributed by atoms with Gasteiger partial charge < -0.3 is 9.32 Å². The molecule has 0 bridgehead atoms. The van der Waals surface area contributed by atoms with Crippen molar-refractivity contribution in [3.63, 3.8) is 0 Å². The second-order valence-electron chi connectivity index (χ2n) is 3.18. The molecule has 0 fully saturated rings. The van der Waals surface area contributed by atoms with Gasteiger partial charge in [-0.05, 0) is 6.07 Å². The fraction of sp³-hybridized carbons (Fsp3) is 0.250. The van der Waals surface area contributed by atoms with Crippen LogP contribution in [0.2, 0.25) is 0 Å². The maximum absolute atomic E-state index is 11.0. The molecule has 0 radical (unpaired) electrons. The Morgan fingerprint density at radius 1 is 1.40 bits per heavy atom. The summed E-state index contributed by atoms with van der Waals surface area (Å²) in [6.07, 6.45) is 3.55. The lowest BCUT2D eigenvalue weighted by Gasteiger charge is -2.17. The van der Waals surface area contributed by atoms with E-state index in [1.807, 2.05) is 4.90 Å². The predicted octanol–water partition coefficient (Wildman–Crippen LogP) is 2.66. The van der Waals surface area contributed by atoms with Gasteiger partial charge in [-0.1, -0.05) is 12.2 Å². The molecule has 1 heterocycles. The summed E-state index contributed by atoms with van der Waals surface area (Å²) in [6.45, 7) is 10.1. The molecule has 0 spiro atoms. The minimum absolute atomic E-state index is 0.0709. The van der Waals surface area contributed by atoms with Crippen molar-refractivity contribution in [2.75, 3.05) is 18.0 Å². The standard InChI is InChI=1S/C12H15NO2/c1-4-8-13(9-5-2)12-7-6-11(15-12)10(3)14/h4-7H,1-2,8-9H2,3H3. The van der Waals surface area contributed by atoms with Crippen LogP contribution in [0.3, 0.4) is 0 Å². The third-order valence-electron chi connectivity index (χ3n) is 1.95. The molecule has 0 aromatic carbocycles. The van der Waals surface area contributed by atoms with Gasteiger partial charge in [-0.2, -0.15) is 0 Å². The lowest BCUT2D eigenvalue weighted by atomic mass is 10.3. The van der Waals surface area contributed by atoms with Crippen LogP contribution in [0.25, 0.3) is 0 Å². The van der Waals surface area contributed by atoms with Gasteiger partial charge in [-0.15, -0.1) is 13.2 Å². The van der Waals surface area contributed by atoms with E-state index in [-0.39, 0.29) is 5.78 Å². The van der Waals surface area contributed by atoms with Crippen molar-refractivity contribution in [1.29, 1.82) is 0 Å². The average molecular weight is 205 g/mol. The number of nitrogens with zero attached hydrogens (tertiary/aromatic N) is 1. The van der Waals surface area contributed by atoms with Crippen LogP contribution in [0, 0.1) is 0 Å². The highest BCUT2D eigenvalue weighted by molar-refractivity contribution is 5.91. The zero-order valence-corrected chi connectivity index (χ0v) is 8.90.